The molecule has 0 bridgehead atoms. The van der Waals surface area contributed by atoms with E-state index < -0.39 is 5.60 Å². The van der Waals surface area contributed by atoms with Crippen LogP contribution < -0.4 is 5.32 Å². The lowest BCUT2D eigenvalue weighted by Gasteiger charge is -2.47. The van der Waals surface area contributed by atoms with Gasteiger partial charge in [-0.1, -0.05) is 6.92 Å². The Morgan fingerprint density at radius 1 is 1.50 bits per heavy atom. The minimum atomic E-state index is -0.399. The van der Waals surface area contributed by atoms with Crippen LogP contribution in [0.4, 0.5) is 4.79 Å². The number of carbonyl (C=O) groups excluding carboxylic acids is 1. The fourth-order valence-electron chi connectivity index (χ4n) is 2.01. The van der Waals surface area contributed by atoms with Gasteiger partial charge in [-0.25, -0.2) is 4.79 Å². The highest BCUT2D eigenvalue weighted by molar-refractivity contribution is 8.01. The summed E-state index contributed by atoms with van der Waals surface area (Å²) in [7, 11) is 0. The molecule has 2 heterocycles. The fraction of sp³-hybridized carbons (Fsp3) is 0.909. The molecule has 0 aromatic carbocycles. The second-order valence-electron chi connectivity index (χ2n) is 5.64. The number of ether oxygens (including phenoxy) is 1. The molecule has 16 heavy (non-hydrogen) atoms. The van der Waals surface area contributed by atoms with E-state index in [1.807, 2.05) is 32.5 Å². The Morgan fingerprint density at radius 2 is 2.12 bits per heavy atom. The van der Waals surface area contributed by atoms with E-state index in [0.29, 0.717) is 5.25 Å². The highest BCUT2D eigenvalue weighted by Gasteiger charge is 2.50. The number of nitrogens with one attached hydrogen (secondary N) is 1. The van der Waals surface area contributed by atoms with Crippen LogP contribution in [0, 0.1) is 0 Å². The van der Waals surface area contributed by atoms with Crippen molar-refractivity contribution in [3.63, 3.8) is 0 Å². The largest absolute Gasteiger partial charge is 0.444 e. The van der Waals surface area contributed by atoms with E-state index in [4.69, 9.17) is 4.74 Å². The molecule has 2 rings (SSSR count). The number of nitrogens with zero attached hydrogens (tertiary/aromatic N) is 1. The molecule has 2 aliphatic rings. The molecule has 0 aromatic rings. The molecule has 2 saturated heterocycles. The third-order valence-corrected chi connectivity index (χ3v) is 4.11. The minimum Gasteiger partial charge on any atom is -0.444 e. The minimum absolute atomic E-state index is 0.107. The summed E-state index contributed by atoms with van der Waals surface area (Å²) in [6.07, 6.45) is -0.194. The molecule has 4 nitrogen and oxygen atoms in total. The number of rotatable bonds is 0. The first-order valence-electron chi connectivity index (χ1n) is 5.70. The molecule has 5 heteroatoms. The summed E-state index contributed by atoms with van der Waals surface area (Å²) >= 11 is 1.93. The number of amides is 1. The lowest BCUT2D eigenvalue weighted by molar-refractivity contribution is 0.00188. The number of likely N-dealkylation sites (tertiary alicyclic amines) is 1. The van der Waals surface area contributed by atoms with Crippen LogP contribution >= 0.6 is 11.8 Å². The first-order chi connectivity index (χ1) is 7.30. The molecule has 1 unspecified atom stereocenters. The standard InChI is InChI=1S/C11H20N2O2S/c1-8-5-12-11(16-8)6-13(7-11)9(14)15-10(2,3)4/h8,12H,5-7H2,1-4H3. The average Bonchev–Trinajstić information content (AvgIpc) is 2.41. The van der Waals surface area contributed by atoms with Gasteiger partial charge in [0.1, 0.15) is 10.5 Å². The van der Waals surface area contributed by atoms with Crippen molar-refractivity contribution in [2.75, 3.05) is 19.6 Å². The molecule has 0 saturated carbocycles. The van der Waals surface area contributed by atoms with Crippen LogP contribution in [0.5, 0.6) is 0 Å². The maximum Gasteiger partial charge on any atom is 0.410 e. The highest BCUT2D eigenvalue weighted by atomic mass is 32.2. The lowest BCUT2D eigenvalue weighted by atomic mass is 10.1. The smallest absolute Gasteiger partial charge is 0.410 e. The van der Waals surface area contributed by atoms with E-state index in [1.165, 1.54) is 0 Å². The Labute approximate surface area is 101 Å². The maximum atomic E-state index is 11.7. The van der Waals surface area contributed by atoms with Crippen molar-refractivity contribution in [1.29, 1.82) is 0 Å². The molecule has 1 N–H and O–H groups in total. The van der Waals surface area contributed by atoms with Crippen molar-refractivity contribution in [2.24, 2.45) is 0 Å². The number of carbonyl (C=O) groups is 1. The SMILES string of the molecule is CC1CNC2(CN(C(=O)OC(C)(C)C)C2)S1. The second-order valence-corrected chi connectivity index (χ2v) is 7.46. The van der Waals surface area contributed by atoms with Crippen molar-refractivity contribution < 1.29 is 9.53 Å². The zero-order valence-corrected chi connectivity index (χ0v) is 11.2. The third-order valence-electron chi connectivity index (χ3n) is 2.68. The van der Waals surface area contributed by atoms with Gasteiger partial charge in [-0.05, 0) is 20.8 Å². The molecule has 92 valence electrons. The van der Waals surface area contributed by atoms with E-state index in [2.05, 4.69) is 12.2 Å². The molecule has 0 radical (unpaired) electrons. The van der Waals surface area contributed by atoms with Gasteiger partial charge in [-0.2, -0.15) is 0 Å². The fourth-order valence-corrected chi connectivity index (χ4v) is 3.57. The van der Waals surface area contributed by atoms with E-state index in [9.17, 15) is 4.79 Å². The molecule has 0 aliphatic carbocycles. The van der Waals surface area contributed by atoms with Gasteiger partial charge in [0.05, 0.1) is 13.1 Å². The first-order valence-corrected chi connectivity index (χ1v) is 6.58. The van der Waals surface area contributed by atoms with Crippen LogP contribution in [0.3, 0.4) is 0 Å². The Kier molecular flexibility index (Phi) is 2.87. The molecular weight excluding hydrogens is 224 g/mol. The Hall–Kier alpha value is -0.420. The van der Waals surface area contributed by atoms with Crippen molar-refractivity contribution in [3.8, 4) is 0 Å². The second kappa shape index (κ2) is 3.81. The summed E-state index contributed by atoms with van der Waals surface area (Å²) < 4.78 is 5.32. The molecule has 2 aliphatic heterocycles. The quantitative estimate of drug-likeness (QED) is 0.703. The topological polar surface area (TPSA) is 41.6 Å². The molecule has 1 spiro atoms. The van der Waals surface area contributed by atoms with Crippen LogP contribution in [0.15, 0.2) is 0 Å². The van der Waals surface area contributed by atoms with Crippen LogP contribution in [0.25, 0.3) is 0 Å². The van der Waals surface area contributed by atoms with Gasteiger partial charge >= 0.3 is 6.09 Å². The number of hydrogen-bond acceptors (Lipinski definition) is 4. The van der Waals surface area contributed by atoms with Gasteiger partial charge in [0.25, 0.3) is 0 Å². The van der Waals surface area contributed by atoms with Crippen molar-refractivity contribution in [3.05, 3.63) is 0 Å². The number of hydrogen-bond donors (Lipinski definition) is 1. The van der Waals surface area contributed by atoms with Crippen molar-refractivity contribution in [1.82, 2.24) is 10.2 Å². The Morgan fingerprint density at radius 3 is 2.56 bits per heavy atom. The van der Waals surface area contributed by atoms with Gasteiger partial charge in [-0.15, -0.1) is 11.8 Å². The predicted molar refractivity (Wildman–Crippen MR) is 65.6 cm³/mol. The van der Waals surface area contributed by atoms with Gasteiger partial charge < -0.3 is 9.64 Å². The van der Waals surface area contributed by atoms with E-state index in [-0.39, 0.29) is 11.0 Å². The van der Waals surface area contributed by atoms with Crippen LogP contribution in [0.2, 0.25) is 0 Å². The first kappa shape index (κ1) is 12.0. The summed E-state index contributed by atoms with van der Waals surface area (Å²) in [5, 5.41) is 4.12. The molecule has 1 amide bonds. The summed E-state index contributed by atoms with van der Waals surface area (Å²) in [5.74, 6) is 0. The molecular formula is C11H20N2O2S. The van der Waals surface area contributed by atoms with Crippen molar-refractivity contribution in [2.45, 2.75) is 43.4 Å². The highest BCUT2D eigenvalue weighted by Crippen LogP contribution is 2.40. The summed E-state index contributed by atoms with van der Waals surface area (Å²) in [6, 6.07) is 0. The van der Waals surface area contributed by atoms with Crippen LogP contribution in [-0.2, 0) is 4.74 Å². The maximum absolute atomic E-state index is 11.7. The van der Waals surface area contributed by atoms with Gasteiger partial charge in [0.15, 0.2) is 0 Å². The van der Waals surface area contributed by atoms with E-state index >= 15 is 0 Å². The Bertz CT molecular complexity index is 295. The molecule has 1 atom stereocenters. The summed E-state index contributed by atoms with van der Waals surface area (Å²) in [4.78, 5) is 13.6. The van der Waals surface area contributed by atoms with E-state index in [0.717, 1.165) is 19.6 Å². The Balaban J connectivity index is 1.82. The number of thioether (sulfide) groups is 1. The molecule has 2 fully saturated rings. The molecule has 0 aromatic heterocycles. The van der Waals surface area contributed by atoms with Gasteiger partial charge in [0, 0.05) is 11.8 Å². The average molecular weight is 244 g/mol. The van der Waals surface area contributed by atoms with E-state index in [1.54, 1.807) is 4.90 Å². The summed E-state index contributed by atoms with van der Waals surface area (Å²) in [5.41, 5.74) is -0.399. The monoisotopic (exact) mass is 244 g/mol. The third kappa shape index (κ3) is 2.46. The summed E-state index contributed by atoms with van der Waals surface area (Å²) in [6.45, 7) is 10.4. The zero-order valence-electron chi connectivity index (χ0n) is 10.4. The van der Waals surface area contributed by atoms with Crippen molar-refractivity contribution >= 4 is 17.9 Å². The van der Waals surface area contributed by atoms with Gasteiger partial charge in [-0.3, -0.25) is 5.32 Å². The normalized spacial score (nSPS) is 28.0. The lowest BCUT2D eigenvalue weighted by Crippen LogP contribution is -2.66. The zero-order chi connectivity index (χ0) is 12.0. The van der Waals surface area contributed by atoms with Gasteiger partial charge in [0.2, 0.25) is 0 Å². The van der Waals surface area contributed by atoms with Crippen LogP contribution in [0.1, 0.15) is 27.7 Å². The predicted octanol–water partition coefficient (Wildman–Crippen LogP) is 1.66. The van der Waals surface area contributed by atoms with Crippen LogP contribution in [-0.4, -0.2) is 46.3 Å².